The number of hydrogen-bond acceptors (Lipinski definition) is 8. The van der Waals surface area contributed by atoms with Crippen molar-refractivity contribution in [2.24, 2.45) is 0 Å². The molecule has 1 atom stereocenters. The van der Waals surface area contributed by atoms with E-state index in [1.54, 1.807) is 19.9 Å². The summed E-state index contributed by atoms with van der Waals surface area (Å²) in [4.78, 5) is 33.0. The van der Waals surface area contributed by atoms with Crippen molar-refractivity contribution in [3.8, 4) is 17.2 Å². The normalized spacial score (nSPS) is 12.9. The van der Waals surface area contributed by atoms with Gasteiger partial charge in [0.2, 0.25) is 11.6 Å². The van der Waals surface area contributed by atoms with E-state index in [9.17, 15) is 9.59 Å². The highest BCUT2D eigenvalue weighted by Gasteiger charge is 2.22. The first-order chi connectivity index (χ1) is 17.6. The summed E-state index contributed by atoms with van der Waals surface area (Å²) in [6, 6.07) is 9.60. The quantitative estimate of drug-likeness (QED) is 0.164. The van der Waals surface area contributed by atoms with E-state index in [4.69, 9.17) is 18.6 Å². The van der Waals surface area contributed by atoms with Gasteiger partial charge in [-0.05, 0) is 66.9 Å². The van der Waals surface area contributed by atoms with E-state index in [-0.39, 0.29) is 18.7 Å². The Labute approximate surface area is 218 Å². The highest BCUT2D eigenvalue weighted by Crippen LogP contribution is 2.38. The number of rotatable bonds is 11. The highest BCUT2D eigenvalue weighted by atomic mass is 16.6. The number of benzene rings is 1. The summed E-state index contributed by atoms with van der Waals surface area (Å²) >= 11 is 0. The van der Waals surface area contributed by atoms with Gasteiger partial charge >= 0.3 is 11.9 Å². The number of ether oxygens (including phenoxy) is 3. The largest absolute Gasteiger partial charge is 0.474 e. The summed E-state index contributed by atoms with van der Waals surface area (Å²) in [5.41, 5.74) is 1.80. The molecule has 37 heavy (non-hydrogen) atoms. The smallest absolute Gasteiger partial charge is 0.333 e. The summed E-state index contributed by atoms with van der Waals surface area (Å²) in [5, 5.41) is 0.589. The van der Waals surface area contributed by atoms with Gasteiger partial charge in [0.25, 0.3) is 0 Å². The van der Waals surface area contributed by atoms with Crippen LogP contribution in [0.3, 0.4) is 0 Å². The monoisotopic (exact) mass is 508 g/mol. The van der Waals surface area contributed by atoms with Gasteiger partial charge in [0.05, 0.1) is 12.7 Å². The lowest BCUT2D eigenvalue weighted by Crippen LogP contribution is -2.23. The lowest BCUT2D eigenvalue weighted by atomic mass is 10.0. The topological polar surface area (TPSA) is 101 Å². The molecule has 0 saturated heterocycles. The van der Waals surface area contributed by atoms with Gasteiger partial charge in [-0.3, -0.25) is 4.79 Å². The molecule has 0 N–H and O–H groups in total. The summed E-state index contributed by atoms with van der Waals surface area (Å²) < 4.78 is 22.9. The van der Waals surface area contributed by atoms with Gasteiger partial charge in [-0.2, -0.15) is 0 Å². The molecule has 3 aromatic rings. The summed E-state index contributed by atoms with van der Waals surface area (Å²) in [5.74, 6) is 0.334. The number of fused-ring (bicyclic) bond motifs is 1. The van der Waals surface area contributed by atoms with Gasteiger partial charge in [0, 0.05) is 23.1 Å². The molecule has 8 nitrogen and oxygen atoms in total. The summed E-state index contributed by atoms with van der Waals surface area (Å²) in [6.45, 7) is 11.3. The number of esters is 2. The van der Waals surface area contributed by atoms with Crippen LogP contribution in [0.25, 0.3) is 28.5 Å². The van der Waals surface area contributed by atoms with Crippen LogP contribution in [0, 0.1) is 0 Å². The van der Waals surface area contributed by atoms with Crippen molar-refractivity contribution in [1.29, 1.82) is 0 Å². The van der Waals surface area contributed by atoms with Crippen LogP contribution >= 0.6 is 0 Å². The van der Waals surface area contributed by atoms with E-state index < -0.39 is 11.6 Å². The van der Waals surface area contributed by atoms with Crippen LogP contribution in [0.4, 0.5) is 0 Å². The number of nitrogens with zero attached hydrogens (tertiary/aromatic N) is 2. The van der Waals surface area contributed by atoms with Crippen molar-refractivity contribution in [3.63, 3.8) is 0 Å². The van der Waals surface area contributed by atoms with Crippen molar-refractivity contribution < 1.29 is 28.2 Å². The molecule has 2 heterocycles. The fourth-order valence-corrected chi connectivity index (χ4v) is 3.82. The first kappa shape index (κ1) is 27.9. The van der Waals surface area contributed by atoms with E-state index >= 15 is 0 Å². The lowest BCUT2D eigenvalue weighted by Gasteiger charge is -2.19. The third kappa shape index (κ3) is 7.90. The number of carbonyl (C=O) groups is 2. The van der Waals surface area contributed by atoms with Gasteiger partial charge in [-0.15, -0.1) is 0 Å². The maximum absolute atomic E-state index is 12.4. The summed E-state index contributed by atoms with van der Waals surface area (Å²) in [6.07, 6.45) is 5.55. The Kier molecular flexibility index (Phi) is 9.44. The van der Waals surface area contributed by atoms with Crippen LogP contribution in [-0.4, -0.2) is 40.2 Å². The first-order valence-electron chi connectivity index (χ1n) is 12.7. The van der Waals surface area contributed by atoms with E-state index in [2.05, 4.69) is 9.97 Å². The average molecular weight is 509 g/mol. The molecular formula is C29H36N2O6. The van der Waals surface area contributed by atoms with Crippen LogP contribution in [0.5, 0.6) is 5.88 Å². The second-order valence-electron chi connectivity index (χ2n) is 9.88. The van der Waals surface area contributed by atoms with Crippen LogP contribution in [0.15, 0.2) is 46.6 Å². The Morgan fingerprint density at radius 1 is 1.11 bits per heavy atom. The van der Waals surface area contributed by atoms with Crippen molar-refractivity contribution in [1.82, 2.24) is 9.97 Å². The Balaban J connectivity index is 1.84. The number of aromatic nitrogens is 2. The van der Waals surface area contributed by atoms with Crippen LogP contribution in [-0.2, 0) is 19.1 Å². The molecule has 0 amide bonds. The Bertz CT molecular complexity index is 1240. The molecule has 198 valence electrons. The van der Waals surface area contributed by atoms with Crippen molar-refractivity contribution >= 4 is 29.1 Å². The van der Waals surface area contributed by atoms with E-state index in [1.165, 1.54) is 6.33 Å². The fourth-order valence-electron chi connectivity index (χ4n) is 3.82. The minimum atomic E-state index is -0.479. The van der Waals surface area contributed by atoms with Crippen molar-refractivity contribution in [2.45, 2.75) is 78.9 Å². The Morgan fingerprint density at radius 2 is 1.84 bits per heavy atom. The molecule has 0 aliphatic rings. The van der Waals surface area contributed by atoms with E-state index in [0.717, 1.165) is 18.4 Å². The second-order valence-corrected chi connectivity index (χ2v) is 9.88. The van der Waals surface area contributed by atoms with Gasteiger partial charge in [0.15, 0.2) is 0 Å². The van der Waals surface area contributed by atoms with E-state index in [1.807, 2.05) is 58.0 Å². The first-order valence-corrected chi connectivity index (χ1v) is 12.7. The van der Waals surface area contributed by atoms with Crippen molar-refractivity contribution in [3.05, 3.63) is 47.8 Å². The van der Waals surface area contributed by atoms with Crippen LogP contribution in [0.2, 0.25) is 0 Å². The molecular weight excluding hydrogens is 472 g/mol. The SMILES string of the molecule is CCOC(=O)C(C)=Cc1c(-c2ccccc2)oc2ncnc(O[C@H](C)CCCCC(=O)OC(C)(C)C)c12. The van der Waals surface area contributed by atoms with Gasteiger partial charge in [-0.1, -0.05) is 30.3 Å². The molecule has 0 fully saturated rings. The molecule has 3 rings (SSSR count). The maximum Gasteiger partial charge on any atom is 0.333 e. The summed E-state index contributed by atoms with van der Waals surface area (Å²) in [7, 11) is 0. The fraction of sp³-hybridized carbons (Fsp3) is 0.448. The molecule has 0 radical (unpaired) electrons. The lowest BCUT2D eigenvalue weighted by molar-refractivity contribution is -0.155. The van der Waals surface area contributed by atoms with Crippen molar-refractivity contribution in [2.75, 3.05) is 6.61 Å². The molecule has 0 bridgehead atoms. The van der Waals surface area contributed by atoms with Gasteiger partial charge in [-0.25, -0.2) is 14.8 Å². The third-order valence-electron chi connectivity index (χ3n) is 5.46. The van der Waals surface area contributed by atoms with Crippen LogP contribution < -0.4 is 4.74 Å². The zero-order chi connectivity index (χ0) is 27.0. The molecule has 1 aromatic carbocycles. The minimum Gasteiger partial charge on any atom is -0.474 e. The standard InChI is InChI=1S/C29H36N2O6/c1-7-34-28(33)19(2)17-22-24-26(35-20(3)13-11-12-16-23(32)37-29(4,5)6)30-18-31-27(24)36-25(22)21-14-9-8-10-15-21/h8-10,14-15,17-18,20H,7,11-13,16H2,1-6H3/t20-/m1/s1. The van der Waals surface area contributed by atoms with Gasteiger partial charge in [0.1, 0.15) is 23.1 Å². The predicted molar refractivity (Wildman–Crippen MR) is 142 cm³/mol. The predicted octanol–water partition coefficient (Wildman–Crippen LogP) is 6.53. The number of furan rings is 1. The Hall–Kier alpha value is -3.68. The van der Waals surface area contributed by atoms with E-state index in [0.29, 0.717) is 46.7 Å². The molecule has 2 aromatic heterocycles. The third-order valence-corrected chi connectivity index (χ3v) is 5.46. The average Bonchev–Trinajstić information content (AvgIpc) is 3.20. The zero-order valence-electron chi connectivity index (χ0n) is 22.5. The second kappa shape index (κ2) is 12.5. The maximum atomic E-state index is 12.4. The molecule has 0 spiro atoms. The number of hydrogen-bond donors (Lipinski definition) is 0. The molecule has 0 saturated carbocycles. The number of unbranched alkanes of at least 4 members (excludes halogenated alkanes) is 1. The molecule has 8 heteroatoms. The molecule has 0 aliphatic carbocycles. The molecule has 0 unspecified atom stereocenters. The Morgan fingerprint density at radius 3 is 2.51 bits per heavy atom. The number of carbonyl (C=O) groups excluding carboxylic acids is 2. The minimum absolute atomic E-state index is 0.171. The van der Waals surface area contributed by atoms with Gasteiger partial charge < -0.3 is 18.6 Å². The van der Waals surface area contributed by atoms with Crippen LogP contribution in [0.1, 0.15) is 72.8 Å². The molecule has 0 aliphatic heterocycles. The highest BCUT2D eigenvalue weighted by molar-refractivity contribution is 6.01. The zero-order valence-corrected chi connectivity index (χ0v) is 22.5.